The van der Waals surface area contributed by atoms with E-state index < -0.39 is 0 Å². The molecule has 4 heteroatoms. The standard InChI is InChI=1S/C17H28FN3/c1-13(17(19)16-10-9-14(18)11-20-16)12-21(2)15-7-5-3-4-6-8-15/h9-11,13,15,17H,3-8,12,19H2,1-2H3. The molecule has 118 valence electrons. The molecule has 3 nitrogen and oxygen atoms in total. The van der Waals surface area contributed by atoms with E-state index in [1.54, 1.807) is 6.07 Å². The van der Waals surface area contributed by atoms with Crippen molar-refractivity contribution in [3.63, 3.8) is 0 Å². The topological polar surface area (TPSA) is 42.1 Å². The van der Waals surface area contributed by atoms with E-state index in [0.717, 1.165) is 12.2 Å². The summed E-state index contributed by atoms with van der Waals surface area (Å²) in [6.45, 7) is 3.12. The zero-order valence-corrected chi connectivity index (χ0v) is 13.3. The molecule has 0 radical (unpaired) electrons. The SMILES string of the molecule is CC(CN(C)C1CCCCCC1)C(N)c1ccc(F)cn1. The van der Waals surface area contributed by atoms with Crippen molar-refractivity contribution in [3.8, 4) is 0 Å². The number of aromatic nitrogens is 1. The maximum absolute atomic E-state index is 12.9. The highest BCUT2D eigenvalue weighted by molar-refractivity contribution is 5.10. The van der Waals surface area contributed by atoms with Crippen LogP contribution in [0.15, 0.2) is 18.3 Å². The summed E-state index contributed by atoms with van der Waals surface area (Å²) in [5.74, 6) is -0.00890. The normalized spacial score (nSPS) is 20.2. The fourth-order valence-electron chi connectivity index (χ4n) is 3.29. The number of pyridine rings is 1. The lowest BCUT2D eigenvalue weighted by Gasteiger charge is -2.31. The first kappa shape index (κ1) is 16.4. The number of halogens is 1. The highest BCUT2D eigenvalue weighted by Gasteiger charge is 2.22. The lowest BCUT2D eigenvalue weighted by molar-refractivity contribution is 0.183. The smallest absolute Gasteiger partial charge is 0.141 e. The van der Waals surface area contributed by atoms with Crippen molar-refractivity contribution in [1.82, 2.24) is 9.88 Å². The third-order valence-corrected chi connectivity index (χ3v) is 4.73. The summed E-state index contributed by atoms with van der Waals surface area (Å²) in [5, 5.41) is 0. The molecular weight excluding hydrogens is 265 g/mol. The van der Waals surface area contributed by atoms with Crippen molar-refractivity contribution in [2.24, 2.45) is 11.7 Å². The number of rotatable bonds is 5. The first-order chi connectivity index (χ1) is 10.1. The van der Waals surface area contributed by atoms with Gasteiger partial charge >= 0.3 is 0 Å². The monoisotopic (exact) mass is 293 g/mol. The van der Waals surface area contributed by atoms with Crippen LogP contribution in [-0.4, -0.2) is 29.5 Å². The molecule has 1 fully saturated rings. The number of hydrogen-bond donors (Lipinski definition) is 1. The number of nitrogens with two attached hydrogens (primary N) is 1. The summed E-state index contributed by atoms with van der Waals surface area (Å²) in [6, 6.07) is 3.67. The van der Waals surface area contributed by atoms with Crippen LogP contribution in [0.5, 0.6) is 0 Å². The van der Waals surface area contributed by atoms with Crippen LogP contribution in [0, 0.1) is 11.7 Å². The zero-order valence-electron chi connectivity index (χ0n) is 13.3. The Bertz CT molecular complexity index is 413. The third kappa shape index (κ3) is 4.75. The molecule has 1 aromatic rings. The Hall–Kier alpha value is -1.00. The van der Waals surface area contributed by atoms with Gasteiger partial charge < -0.3 is 10.6 Å². The van der Waals surface area contributed by atoms with E-state index in [2.05, 4.69) is 23.9 Å². The Kier molecular flexibility index (Phi) is 6.12. The summed E-state index contributed by atoms with van der Waals surface area (Å²) >= 11 is 0. The molecule has 1 heterocycles. The molecule has 1 saturated carbocycles. The molecule has 2 atom stereocenters. The van der Waals surface area contributed by atoms with E-state index in [9.17, 15) is 4.39 Å². The van der Waals surface area contributed by atoms with Gasteiger partial charge in [-0.15, -0.1) is 0 Å². The summed E-state index contributed by atoms with van der Waals surface area (Å²) in [6.07, 6.45) is 9.28. The molecular formula is C17H28FN3. The van der Waals surface area contributed by atoms with Crippen molar-refractivity contribution in [1.29, 1.82) is 0 Å². The number of nitrogens with zero attached hydrogens (tertiary/aromatic N) is 2. The van der Waals surface area contributed by atoms with Gasteiger partial charge in [-0.25, -0.2) is 4.39 Å². The van der Waals surface area contributed by atoms with Gasteiger partial charge in [0.15, 0.2) is 0 Å². The minimum absolute atomic E-state index is 0.140. The summed E-state index contributed by atoms with van der Waals surface area (Å²) in [7, 11) is 2.21. The van der Waals surface area contributed by atoms with E-state index >= 15 is 0 Å². The lowest BCUT2D eigenvalue weighted by Crippen LogP contribution is -2.37. The van der Waals surface area contributed by atoms with Crippen LogP contribution < -0.4 is 5.73 Å². The number of hydrogen-bond acceptors (Lipinski definition) is 3. The van der Waals surface area contributed by atoms with Gasteiger partial charge in [-0.2, -0.15) is 0 Å². The maximum atomic E-state index is 12.9. The van der Waals surface area contributed by atoms with Crippen LogP contribution in [0.3, 0.4) is 0 Å². The molecule has 21 heavy (non-hydrogen) atoms. The quantitative estimate of drug-likeness (QED) is 0.845. The van der Waals surface area contributed by atoms with Gasteiger partial charge in [-0.05, 0) is 37.9 Å². The molecule has 1 aromatic heterocycles. The minimum atomic E-state index is -0.311. The van der Waals surface area contributed by atoms with Crippen molar-refractivity contribution in [2.45, 2.75) is 57.5 Å². The van der Waals surface area contributed by atoms with Gasteiger partial charge in [0.25, 0.3) is 0 Å². The lowest BCUT2D eigenvalue weighted by atomic mass is 9.97. The molecule has 1 aliphatic rings. The van der Waals surface area contributed by atoms with Gasteiger partial charge in [0.2, 0.25) is 0 Å². The largest absolute Gasteiger partial charge is 0.322 e. The van der Waals surface area contributed by atoms with Gasteiger partial charge in [0.05, 0.1) is 17.9 Å². The van der Waals surface area contributed by atoms with Gasteiger partial charge in [0.1, 0.15) is 5.82 Å². The highest BCUT2D eigenvalue weighted by Crippen LogP contribution is 2.24. The van der Waals surface area contributed by atoms with Crippen molar-refractivity contribution < 1.29 is 4.39 Å². The molecule has 2 N–H and O–H groups in total. The van der Waals surface area contributed by atoms with Crippen LogP contribution in [0.4, 0.5) is 4.39 Å². The van der Waals surface area contributed by atoms with E-state index in [0.29, 0.717) is 12.0 Å². The summed E-state index contributed by atoms with van der Waals surface area (Å²) in [5.41, 5.74) is 7.06. The van der Waals surface area contributed by atoms with Crippen LogP contribution in [0.1, 0.15) is 57.2 Å². The highest BCUT2D eigenvalue weighted by atomic mass is 19.1. The third-order valence-electron chi connectivity index (χ3n) is 4.73. The van der Waals surface area contributed by atoms with Crippen molar-refractivity contribution in [2.75, 3.05) is 13.6 Å². The predicted octanol–water partition coefficient (Wildman–Crippen LogP) is 3.51. The second-order valence-electron chi connectivity index (χ2n) is 6.49. The minimum Gasteiger partial charge on any atom is -0.322 e. The van der Waals surface area contributed by atoms with Crippen LogP contribution in [0.25, 0.3) is 0 Å². The summed E-state index contributed by atoms with van der Waals surface area (Å²) in [4.78, 5) is 6.57. The summed E-state index contributed by atoms with van der Waals surface area (Å²) < 4.78 is 12.9. The Morgan fingerprint density at radius 3 is 2.52 bits per heavy atom. The van der Waals surface area contributed by atoms with E-state index in [1.165, 1.54) is 50.8 Å². The predicted molar refractivity (Wildman–Crippen MR) is 84.4 cm³/mol. The van der Waals surface area contributed by atoms with E-state index in [1.807, 2.05) is 0 Å². The van der Waals surface area contributed by atoms with Gasteiger partial charge in [-0.3, -0.25) is 4.98 Å². The maximum Gasteiger partial charge on any atom is 0.141 e. The van der Waals surface area contributed by atoms with Gasteiger partial charge in [-0.1, -0.05) is 32.6 Å². The molecule has 0 aliphatic heterocycles. The molecule has 0 saturated heterocycles. The van der Waals surface area contributed by atoms with Gasteiger partial charge in [0, 0.05) is 12.6 Å². The van der Waals surface area contributed by atoms with E-state index in [-0.39, 0.29) is 11.9 Å². The fourth-order valence-corrected chi connectivity index (χ4v) is 3.29. The Morgan fingerprint density at radius 1 is 1.29 bits per heavy atom. The Labute approximate surface area is 127 Å². The second-order valence-corrected chi connectivity index (χ2v) is 6.49. The Balaban J connectivity index is 1.89. The van der Waals surface area contributed by atoms with Crippen LogP contribution >= 0.6 is 0 Å². The molecule has 0 amide bonds. The zero-order chi connectivity index (χ0) is 15.2. The first-order valence-corrected chi connectivity index (χ1v) is 8.15. The second kappa shape index (κ2) is 7.85. The fraction of sp³-hybridized carbons (Fsp3) is 0.706. The molecule has 0 bridgehead atoms. The van der Waals surface area contributed by atoms with Crippen molar-refractivity contribution >= 4 is 0 Å². The average molecular weight is 293 g/mol. The van der Waals surface area contributed by atoms with Crippen molar-refractivity contribution in [3.05, 3.63) is 29.8 Å². The Morgan fingerprint density at radius 2 is 1.95 bits per heavy atom. The molecule has 2 rings (SSSR count). The average Bonchev–Trinajstić information content (AvgIpc) is 2.76. The van der Waals surface area contributed by atoms with Crippen LogP contribution in [-0.2, 0) is 0 Å². The molecule has 0 spiro atoms. The first-order valence-electron chi connectivity index (χ1n) is 8.15. The van der Waals surface area contributed by atoms with E-state index in [4.69, 9.17) is 5.73 Å². The molecule has 0 aromatic carbocycles. The molecule has 2 unspecified atom stereocenters. The van der Waals surface area contributed by atoms with Crippen LogP contribution in [0.2, 0.25) is 0 Å². The molecule has 1 aliphatic carbocycles.